The van der Waals surface area contributed by atoms with Crippen molar-refractivity contribution in [1.29, 1.82) is 0 Å². The summed E-state index contributed by atoms with van der Waals surface area (Å²) in [6, 6.07) is 3.58. The van der Waals surface area contributed by atoms with Gasteiger partial charge in [0.25, 0.3) is 5.56 Å². The Bertz CT molecular complexity index is 1110. The molecule has 9 nitrogen and oxygen atoms in total. The van der Waals surface area contributed by atoms with Gasteiger partial charge in [0.2, 0.25) is 5.75 Å². The van der Waals surface area contributed by atoms with E-state index in [0.29, 0.717) is 35.3 Å². The van der Waals surface area contributed by atoms with Crippen molar-refractivity contribution in [3.8, 4) is 17.2 Å². The Labute approximate surface area is 160 Å². The molecule has 0 aliphatic heterocycles. The smallest absolute Gasteiger partial charge is 0.330 e. The van der Waals surface area contributed by atoms with Gasteiger partial charge in [-0.15, -0.1) is 0 Å². The maximum atomic E-state index is 12.1. The summed E-state index contributed by atoms with van der Waals surface area (Å²) in [6.07, 6.45) is 4.24. The lowest BCUT2D eigenvalue weighted by atomic mass is 10.1. The van der Waals surface area contributed by atoms with Crippen LogP contribution in [0, 0.1) is 0 Å². The number of aromatic amines is 2. The number of H-pyrrole nitrogens is 2. The molecule has 3 aromatic rings. The van der Waals surface area contributed by atoms with Crippen molar-refractivity contribution in [2.45, 2.75) is 19.9 Å². The predicted molar refractivity (Wildman–Crippen MR) is 106 cm³/mol. The van der Waals surface area contributed by atoms with E-state index in [1.54, 1.807) is 38.5 Å². The Balaban J connectivity index is 2.04. The second kappa shape index (κ2) is 8.03. The lowest BCUT2D eigenvalue weighted by Gasteiger charge is -2.12. The summed E-state index contributed by atoms with van der Waals surface area (Å²) < 4.78 is 17.5. The van der Waals surface area contributed by atoms with Gasteiger partial charge in [-0.05, 0) is 30.2 Å². The van der Waals surface area contributed by atoms with Crippen molar-refractivity contribution in [2.75, 3.05) is 21.3 Å². The number of fused-ring (bicyclic) bond motifs is 1. The van der Waals surface area contributed by atoms with E-state index in [1.165, 1.54) is 11.7 Å². The fourth-order valence-electron chi connectivity index (χ4n) is 2.94. The van der Waals surface area contributed by atoms with Crippen molar-refractivity contribution in [3.05, 3.63) is 44.4 Å². The molecule has 0 aliphatic rings. The quantitative estimate of drug-likeness (QED) is 0.643. The molecule has 0 aliphatic carbocycles. The van der Waals surface area contributed by atoms with Crippen LogP contribution in [-0.2, 0) is 6.54 Å². The molecule has 0 saturated heterocycles. The third kappa shape index (κ3) is 3.51. The highest BCUT2D eigenvalue weighted by molar-refractivity contribution is 5.76. The van der Waals surface area contributed by atoms with Crippen LogP contribution in [0.3, 0.4) is 0 Å². The standard InChI is InChI=1S/C19H22N4O5/c1-5-8-23-17-15(18(24)22-19(23)25)20-14(21-17)7-6-11-9-12(26-2)16(28-4)13(10-11)27-3/h6-7,9-10H,5,8H2,1-4H3,(H,20,21)(H,22,24,25)/b7-6+. The fourth-order valence-corrected chi connectivity index (χ4v) is 2.94. The third-order valence-electron chi connectivity index (χ3n) is 4.22. The molecule has 0 atom stereocenters. The van der Waals surface area contributed by atoms with Crippen LogP contribution < -0.4 is 25.5 Å². The molecule has 0 saturated carbocycles. The molecule has 9 heteroatoms. The van der Waals surface area contributed by atoms with Crippen LogP contribution >= 0.6 is 0 Å². The minimum absolute atomic E-state index is 0.262. The molecule has 2 heterocycles. The lowest BCUT2D eigenvalue weighted by Crippen LogP contribution is -2.30. The van der Waals surface area contributed by atoms with E-state index < -0.39 is 11.2 Å². The molecule has 0 bridgehead atoms. The molecule has 148 valence electrons. The van der Waals surface area contributed by atoms with Gasteiger partial charge >= 0.3 is 5.69 Å². The van der Waals surface area contributed by atoms with Gasteiger partial charge in [-0.25, -0.2) is 9.78 Å². The number of aryl methyl sites for hydroxylation is 1. The van der Waals surface area contributed by atoms with E-state index in [9.17, 15) is 9.59 Å². The van der Waals surface area contributed by atoms with Gasteiger partial charge in [0, 0.05) is 6.54 Å². The number of methoxy groups -OCH3 is 3. The van der Waals surface area contributed by atoms with Crippen LogP contribution in [0.2, 0.25) is 0 Å². The molecule has 2 N–H and O–H groups in total. The van der Waals surface area contributed by atoms with Gasteiger partial charge in [0.1, 0.15) is 11.3 Å². The van der Waals surface area contributed by atoms with E-state index >= 15 is 0 Å². The number of aromatic nitrogens is 4. The summed E-state index contributed by atoms with van der Waals surface area (Å²) in [5, 5.41) is 0. The SMILES string of the molecule is CCCn1c(=O)[nH]c(=O)c2[nH]c(/C=C/c3cc(OC)c(OC)c(OC)c3)nc21. The Morgan fingerprint density at radius 1 is 1.04 bits per heavy atom. The van der Waals surface area contributed by atoms with E-state index in [1.807, 2.05) is 6.92 Å². The molecule has 1 aromatic carbocycles. The molecule has 0 unspecified atom stereocenters. The number of benzene rings is 1. The number of rotatable bonds is 7. The average molecular weight is 386 g/mol. The molecular formula is C19H22N4O5. The van der Waals surface area contributed by atoms with Crippen LogP contribution in [0.15, 0.2) is 21.7 Å². The molecule has 0 fully saturated rings. The summed E-state index contributed by atoms with van der Waals surface area (Å²) in [4.78, 5) is 33.8. The summed E-state index contributed by atoms with van der Waals surface area (Å²) >= 11 is 0. The topological polar surface area (TPSA) is 111 Å². The summed E-state index contributed by atoms with van der Waals surface area (Å²) in [5.74, 6) is 2.00. The zero-order valence-electron chi connectivity index (χ0n) is 16.2. The van der Waals surface area contributed by atoms with Crippen molar-refractivity contribution in [3.63, 3.8) is 0 Å². The Hall–Kier alpha value is -3.49. The summed E-state index contributed by atoms with van der Waals surface area (Å²) in [6.45, 7) is 2.41. The van der Waals surface area contributed by atoms with Crippen LogP contribution in [-0.4, -0.2) is 40.8 Å². The summed E-state index contributed by atoms with van der Waals surface area (Å²) in [7, 11) is 4.63. The zero-order chi connectivity index (χ0) is 20.3. The molecule has 0 spiro atoms. The fraction of sp³-hybridized carbons (Fsp3) is 0.316. The molecule has 0 amide bonds. The molecule has 0 radical (unpaired) electrons. The first-order valence-corrected chi connectivity index (χ1v) is 8.73. The number of nitrogens with one attached hydrogen (secondary N) is 2. The highest BCUT2D eigenvalue weighted by atomic mass is 16.5. The van der Waals surface area contributed by atoms with Gasteiger partial charge in [0.05, 0.1) is 21.3 Å². The monoisotopic (exact) mass is 386 g/mol. The number of nitrogens with zero attached hydrogens (tertiary/aromatic N) is 2. The minimum atomic E-state index is -0.493. The van der Waals surface area contributed by atoms with Gasteiger partial charge in [-0.3, -0.25) is 14.3 Å². The normalized spacial score (nSPS) is 11.3. The Morgan fingerprint density at radius 2 is 1.71 bits per heavy atom. The second-order valence-electron chi connectivity index (χ2n) is 6.02. The van der Waals surface area contributed by atoms with E-state index in [4.69, 9.17) is 14.2 Å². The number of ether oxygens (including phenoxy) is 3. The highest BCUT2D eigenvalue weighted by Crippen LogP contribution is 2.38. The van der Waals surface area contributed by atoms with Crippen LogP contribution in [0.5, 0.6) is 17.2 Å². The lowest BCUT2D eigenvalue weighted by molar-refractivity contribution is 0.324. The second-order valence-corrected chi connectivity index (χ2v) is 6.02. The molecule has 2 aromatic heterocycles. The van der Waals surface area contributed by atoms with Crippen LogP contribution in [0.25, 0.3) is 23.3 Å². The molecule has 28 heavy (non-hydrogen) atoms. The number of hydrogen-bond donors (Lipinski definition) is 2. The van der Waals surface area contributed by atoms with Gasteiger partial charge < -0.3 is 19.2 Å². The van der Waals surface area contributed by atoms with Crippen molar-refractivity contribution in [1.82, 2.24) is 19.5 Å². The van der Waals surface area contributed by atoms with E-state index in [0.717, 1.165) is 12.0 Å². The van der Waals surface area contributed by atoms with Crippen molar-refractivity contribution >= 4 is 23.3 Å². The van der Waals surface area contributed by atoms with Gasteiger partial charge in [0.15, 0.2) is 17.1 Å². The van der Waals surface area contributed by atoms with E-state index in [2.05, 4.69) is 15.0 Å². The highest BCUT2D eigenvalue weighted by Gasteiger charge is 2.13. The first-order chi connectivity index (χ1) is 13.5. The average Bonchev–Trinajstić information content (AvgIpc) is 3.13. The first kappa shape index (κ1) is 19.3. The zero-order valence-corrected chi connectivity index (χ0v) is 16.2. The molecule has 3 rings (SSSR count). The third-order valence-corrected chi connectivity index (χ3v) is 4.22. The maximum absolute atomic E-state index is 12.1. The van der Waals surface area contributed by atoms with E-state index in [-0.39, 0.29) is 5.52 Å². The predicted octanol–water partition coefficient (Wildman–Crippen LogP) is 2.02. The first-order valence-electron chi connectivity index (χ1n) is 8.73. The number of imidazole rings is 1. The maximum Gasteiger partial charge on any atom is 0.330 e. The Morgan fingerprint density at radius 3 is 2.29 bits per heavy atom. The van der Waals surface area contributed by atoms with Crippen LogP contribution in [0.4, 0.5) is 0 Å². The Kier molecular flexibility index (Phi) is 5.53. The summed E-state index contributed by atoms with van der Waals surface area (Å²) in [5.41, 5.74) is 0.422. The van der Waals surface area contributed by atoms with Gasteiger partial charge in [-0.2, -0.15) is 0 Å². The van der Waals surface area contributed by atoms with Crippen LogP contribution in [0.1, 0.15) is 24.7 Å². The largest absolute Gasteiger partial charge is 0.493 e. The number of hydrogen-bond acceptors (Lipinski definition) is 6. The van der Waals surface area contributed by atoms with Crippen molar-refractivity contribution < 1.29 is 14.2 Å². The van der Waals surface area contributed by atoms with Crippen molar-refractivity contribution in [2.24, 2.45) is 0 Å². The minimum Gasteiger partial charge on any atom is -0.493 e. The van der Waals surface area contributed by atoms with Gasteiger partial charge in [-0.1, -0.05) is 13.0 Å². The molecular weight excluding hydrogens is 364 g/mol.